The van der Waals surface area contributed by atoms with Crippen molar-refractivity contribution >= 4 is 41.5 Å². The summed E-state index contributed by atoms with van der Waals surface area (Å²) in [5.41, 5.74) is 2.03. The predicted molar refractivity (Wildman–Crippen MR) is 111 cm³/mol. The van der Waals surface area contributed by atoms with Crippen LogP contribution < -0.4 is 16.0 Å². The smallest absolute Gasteiger partial charge is 0.246 e. The van der Waals surface area contributed by atoms with E-state index in [4.69, 9.17) is 0 Å². The molecule has 0 heterocycles. The molecule has 0 saturated carbocycles. The number of carbonyl (C=O) groups excluding carboxylic acids is 1. The van der Waals surface area contributed by atoms with Crippen LogP contribution in [0.2, 0.25) is 0 Å². The van der Waals surface area contributed by atoms with Crippen LogP contribution in [0.3, 0.4) is 0 Å². The van der Waals surface area contributed by atoms with Crippen LogP contribution in [0, 0.1) is 0 Å². The first-order valence-corrected chi connectivity index (χ1v) is 8.30. The van der Waals surface area contributed by atoms with E-state index < -0.39 is 0 Å². The molecular weight excluding hydrogens is 415 g/mol. The van der Waals surface area contributed by atoms with E-state index in [-0.39, 0.29) is 36.4 Å². The number of guanidine groups is 1. The Morgan fingerprint density at radius 1 is 1.25 bits per heavy atom. The summed E-state index contributed by atoms with van der Waals surface area (Å²) >= 11 is 0. The molecule has 0 aliphatic heterocycles. The van der Waals surface area contributed by atoms with Crippen molar-refractivity contribution in [1.82, 2.24) is 10.6 Å². The van der Waals surface area contributed by atoms with Gasteiger partial charge in [0.1, 0.15) is 6.54 Å². The fourth-order valence-corrected chi connectivity index (χ4v) is 2.47. The number of halogens is 1. The van der Waals surface area contributed by atoms with Gasteiger partial charge in [-0.2, -0.15) is 0 Å². The van der Waals surface area contributed by atoms with Crippen LogP contribution in [-0.2, 0) is 11.2 Å². The van der Waals surface area contributed by atoms with Gasteiger partial charge in [0.25, 0.3) is 0 Å². The Morgan fingerprint density at radius 2 is 2.00 bits per heavy atom. The van der Waals surface area contributed by atoms with Crippen molar-refractivity contribution < 1.29 is 4.79 Å². The number of rotatable bonds is 6. The van der Waals surface area contributed by atoms with Gasteiger partial charge in [-0.25, -0.2) is 4.99 Å². The average Bonchev–Trinajstić information content (AvgIpc) is 3.06. The summed E-state index contributed by atoms with van der Waals surface area (Å²) in [6.07, 6.45) is 7.27. The zero-order chi connectivity index (χ0) is 16.5. The fourth-order valence-electron chi connectivity index (χ4n) is 2.47. The summed E-state index contributed by atoms with van der Waals surface area (Å²) in [7, 11) is 0. The molecule has 1 aliphatic carbocycles. The second-order valence-electron chi connectivity index (χ2n) is 5.58. The first-order valence-electron chi connectivity index (χ1n) is 8.30. The lowest BCUT2D eigenvalue weighted by atomic mass is 10.1. The first-order chi connectivity index (χ1) is 11.2. The third-order valence-corrected chi connectivity index (χ3v) is 3.69. The number of amides is 1. The highest BCUT2D eigenvalue weighted by atomic mass is 127. The minimum atomic E-state index is -0.111. The van der Waals surface area contributed by atoms with Crippen LogP contribution in [-0.4, -0.2) is 31.0 Å². The molecule has 0 fully saturated rings. The lowest BCUT2D eigenvalue weighted by molar-refractivity contribution is -0.114. The van der Waals surface area contributed by atoms with Gasteiger partial charge in [0.2, 0.25) is 5.91 Å². The molecule has 0 aromatic heterocycles. The molecule has 24 heavy (non-hydrogen) atoms. The van der Waals surface area contributed by atoms with Gasteiger partial charge in [-0.1, -0.05) is 31.2 Å². The number of aliphatic imine (C=N–C) groups is 1. The minimum Gasteiger partial charge on any atom is -0.357 e. The van der Waals surface area contributed by atoms with Crippen molar-refractivity contribution in [1.29, 1.82) is 0 Å². The van der Waals surface area contributed by atoms with Crippen molar-refractivity contribution in [3.05, 3.63) is 42.0 Å². The third-order valence-electron chi connectivity index (χ3n) is 3.69. The Bertz CT molecular complexity index is 578. The molecule has 0 saturated heterocycles. The van der Waals surface area contributed by atoms with Gasteiger partial charge in [-0.15, -0.1) is 24.0 Å². The number of anilines is 1. The fraction of sp³-hybridized carbons (Fsp3) is 0.444. The van der Waals surface area contributed by atoms with E-state index in [1.54, 1.807) is 0 Å². The molecule has 0 spiro atoms. The number of aryl methyl sites for hydroxylation is 1. The molecule has 5 nitrogen and oxygen atoms in total. The maximum absolute atomic E-state index is 12.1. The normalized spacial score (nSPS) is 14.2. The topological polar surface area (TPSA) is 65.5 Å². The van der Waals surface area contributed by atoms with E-state index in [0.29, 0.717) is 12.0 Å². The second-order valence-corrected chi connectivity index (χ2v) is 5.58. The molecule has 1 aliphatic rings. The molecule has 3 N–H and O–H groups in total. The van der Waals surface area contributed by atoms with Crippen LogP contribution in [0.25, 0.3) is 0 Å². The summed E-state index contributed by atoms with van der Waals surface area (Å²) in [6.45, 7) is 4.98. The van der Waals surface area contributed by atoms with Crippen molar-refractivity contribution in [2.24, 2.45) is 4.99 Å². The van der Waals surface area contributed by atoms with E-state index in [1.165, 1.54) is 5.56 Å². The maximum atomic E-state index is 12.1. The Labute approximate surface area is 161 Å². The lowest BCUT2D eigenvalue weighted by Gasteiger charge is -2.16. The van der Waals surface area contributed by atoms with Crippen LogP contribution in [0.1, 0.15) is 32.3 Å². The maximum Gasteiger partial charge on any atom is 0.246 e. The van der Waals surface area contributed by atoms with Gasteiger partial charge in [-0.05, 0) is 43.9 Å². The molecule has 132 valence electrons. The molecule has 0 atom stereocenters. The highest BCUT2D eigenvalue weighted by Gasteiger charge is 2.12. The molecular formula is C18H27IN4O. The largest absolute Gasteiger partial charge is 0.357 e. The van der Waals surface area contributed by atoms with E-state index in [0.717, 1.165) is 31.5 Å². The molecule has 6 heteroatoms. The Morgan fingerprint density at radius 3 is 2.67 bits per heavy atom. The van der Waals surface area contributed by atoms with Crippen LogP contribution in [0.15, 0.2) is 41.4 Å². The highest BCUT2D eigenvalue weighted by molar-refractivity contribution is 14.0. The second kappa shape index (κ2) is 11.1. The number of benzene rings is 1. The average molecular weight is 442 g/mol. The van der Waals surface area contributed by atoms with Crippen molar-refractivity contribution in [3.8, 4) is 0 Å². The van der Waals surface area contributed by atoms with Gasteiger partial charge in [-0.3, -0.25) is 4.79 Å². The predicted octanol–water partition coefficient (Wildman–Crippen LogP) is 3.08. The summed E-state index contributed by atoms with van der Waals surface area (Å²) in [4.78, 5) is 16.4. The lowest BCUT2D eigenvalue weighted by Crippen LogP contribution is -2.42. The zero-order valence-corrected chi connectivity index (χ0v) is 16.7. The van der Waals surface area contributed by atoms with Crippen molar-refractivity contribution in [3.63, 3.8) is 0 Å². The summed E-state index contributed by atoms with van der Waals surface area (Å²) in [6, 6.07) is 8.27. The van der Waals surface area contributed by atoms with Gasteiger partial charge in [0.05, 0.1) is 0 Å². The van der Waals surface area contributed by atoms with Gasteiger partial charge in [0.15, 0.2) is 5.96 Å². The number of nitrogens with one attached hydrogen (secondary N) is 3. The number of hydrogen-bond acceptors (Lipinski definition) is 2. The molecule has 1 amide bonds. The summed E-state index contributed by atoms with van der Waals surface area (Å²) in [5.74, 6) is 0.582. The van der Waals surface area contributed by atoms with E-state index in [9.17, 15) is 4.79 Å². The van der Waals surface area contributed by atoms with E-state index in [2.05, 4.69) is 46.1 Å². The SMILES string of the molecule is CCNC(=NCC(=O)Nc1cccc(CC)c1)NC1CC=CC1.I. The third kappa shape index (κ3) is 6.90. The quantitative estimate of drug-likeness (QED) is 0.275. The molecule has 0 unspecified atom stereocenters. The summed E-state index contributed by atoms with van der Waals surface area (Å²) in [5, 5.41) is 9.42. The number of carbonyl (C=O) groups is 1. The van der Waals surface area contributed by atoms with Crippen LogP contribution >= 0.6 is 24.0 Å². The van der Waals surface area contributed by atoms with Crippen molar-refractivity contribution in [2.45, 2.75) is 39.2 Å². The van der Waals surface area contributed by atoms with E-state index >= 15 is 0 Å². The highest BCUT2D eigenvalue weighted by Crippen LogP contribution is 2.11. The molecule has 1 aromatic carbocycles. The van der Waals surface area contributed by atoms with Crippen LogP contribution in [0.4, 0.5) is 5.69 Å². The van der Waals surface area contributed by atoms with Gasteiger partial charge in [0, 0.05) is 18.3 Å². The van der Waals surface area contributed by atoms with Crippen molar-refractivity contribution in [2.75, 3.05) is 18.4 Å². The number of nitrogens with zero attached hydrogens (tertiary/aromatic N) is 1. The van der Waals surface area contributed by atoms with Gasteiger partial charge < -0.3 is 16.0 Å². The first kappa shape index (κ1) is 20.5. The Hall–Kier alpha value is -1.57. The molecule has 0 radical (unpaired) electrons. The summed E-state index contributed by atoms with van der Waals surface area (Å²) < 4.78 is 0. The Kier molecular flexibility index (Phi) is 9.44. The minimum absolute atomic E-state index is 0. The number of hydrogen-bond donors (Lipinski definition) is 3. The zero-order valence-electron chi connectivity index (χ0n) is 14.3. The standard InChI is InChI=1S/C18H26N4O.HI/c1-3-14-8-7-11-16(12-14)21-17(23)13-20-18(19-4-2)22-15-9-5-6-10-15;/h5-8,11-12,15H,3-4,9-10,13H2,1-2H3,(H,21,23)(H2,19,20,22);1H. The monoisotopic (exact) mass is 442 g/mol. The molecule has 0 bridgehead atoms. The Balaban J connectivity index is 0.00000288. The van der Waals surface area contributed by atoms with Gasteiger partial charge >= 0.3 is 0 Å². The molecule has 2 rings (SSSR count). The molecule has 1 aromatic rings. The van der Waals surface area contributed by atoms with E-state index in [1.807, 2.05) is 25.1 Å². The van der Waals surface area contributed by atoms with Crippen LogP contribution in [0.5, 0.6) is 0 Å².